The monoisotopic (exact) mass is 349 g/mol. The zero-order valence-corrected chi connectivity index (χ0v) is 14.9. The third-order valence-corrected chi connectivity index (χ3v) is 5.06. The zero-order valence-electron chi connectivity index (χ0n) is 14.9. The number of nitrogens with one attached hydrogen (secondary N) is 2. The molecular formula is C20H23N5O. The number of hydrogen-bond acceptors (Lipinski definition) is 4. The van der Waals surface area contributed by atoms with Gasteiger partial charge in [0.25, 0.3) is 5.91 Å². The van der Waals surface area contributed by atoms with Crippen LogP contribution < -0.4 is 5.32 Å². The molecule has 2 aromatic heterocycles. The van der Waals surface area contributed by atoms with Crippen LogP contribution in [0, 0.1) is 5.92 Å². The van der Waals surface area contributed by atoms with Gasteiger partial charge in [-0.1, -0.05) is 18.2 Å². The number of anilines is 1. The van der Waals surface area contributed by atoms with Gasteiger partial charge in [0.15, 0.2) is 0 Å². The van der Waals surface area contributed by atoms with E-state index in [-0.39, 0.29) is 5.91 Å². The second-order valence-corrected chi connectivity index (χ2v) is 6.84. The number of benzene rings is 1. The topological polar surface area (TPSA) is 73.9 Å². The fraction of sp³-hybridized carbons (Fsp3) is 0.350. The van der Waals surface area contributed by atoms with Gasteiger partial charge in [-0.2, -0.15) is 0 Å². The van der Waals surface area contributed by atoms with Crippen LogP contribution >= 0.6 is 0 Å². The summed E-state index contributed by atoms with van der Waals surface area (Å²) >= 11 is 0. The molecule has 6 heteroatoms. The highest BCUT2D eigenvalue weighted by Crippen LogP contribution is 2.24. The molecule has 1 saturated heterocycles. The van der Waals surface area contributed by atoms with Gasteiger partial charge < -0.3 is 15.2 Å². The molecule has 6 nitrogen and oxygen atoms in total. The second-order valence-electron chi connectivity index (χ2n) is 6.84. The molecule has 1 fully saturated rings. The Morgan fingerprint density at radius 3 is 3.00 bits per heavy atom. The van der Waals surface area contributed by atoms with Crippen LogP contribution in [-0.2, 0) is 6.42 Å². The smallest absolute Gasteiger partial charge is 0.270 e. The predicted molar refractivity (Wildman–Crippen MR) is 102 cm³/mol. The van der Waals surface area contributed by atoms with Gasteiger partial charge in [-0.25, -0.2) is 4.98 Å². The molecule has 26 heavy (non-hydrogen) atoms. The molecule has 1 aliphatic heterocycles. The first-order valence-corrected chi connectivity index (χ1v) is 9.09. The summed E-state index contributed by atoms with van der Waals surface area (Å²) in [6.45, 7) is 1.57. The number of carbonyl (C=O) groups excluding carboxylic acids is 1. The predicted octanol–water partition coefficient (Wildman–Crippen LogP) is 3.09. The lowest BCUT2D eigenvalue weighted by Crippen LogP contribution is -2.40. The molecule has 1 amide bonds. The van der Waals surface area contributed by atoms with Crippen LogP contribution in [-0.4, -0.2) is 45.9 Å². The van der Waals surface area contributed by atoms with E-state index in [1.165, 1.54) is 0 Å². The van der Waals surface area contributed by atoms with Crippen LogP contribution in [0.1, 0.15) is 29.0 Å². The highest BCUT2D eigenvalue weighted by molar-refractivity contribution is 5.98. The maximum absolute atomic E-state index is 12.9. The lowest BCUT2D eigenvalue weighted by atomic mass is 9.93. The largest absolute Gasteiger partial charge is 0.372 e. The molecular weight excluding hydrogens is 326 g/mol. The van der Waals surface area contributed by atoms with Crippen molar-refractivity contribution in [3.8, 4) is 0 Å². The highest BCUT2D eigenvalue weighted by Gasteiger charge is 2.26. The summed E-state index contributed by atoms with van der Waals surface area (Å²) in [5.41, 5.74) is 2.64. The van der Waals surface area contributed by atoms with E-state index < -0.39 is 0 Å². The molecule has 0 bridgehead atoms. The van der Waals surface area contributed by atoms with E-state index in [1.807, 2.05) is 42.3 Å². The molecule has 0 spiro atoms. The van der Waals surface area contributed by atoms with Crippen molar-refractivity contribution in [2.75, 3.05) is 25.5 Å². The van der Waals surface area contributed by atoms with Crippen LogP contribution in [0.2, 0.25) is 0 Å². The third kappa shape index (κ3) is 3.27. The van der Waals surface area contributed by atoms with Crippen molar-refractivity contribution in [1.82, 2.24) is 19.9 Å². The van der Waals surface area contributed by atoms with Crippen LogP contribution in [0.25, 0.3) is 10.9 Å². The Labute approximate surface area is 152 Å². The molecule has 0 saturated carbocycles. The van der Waals surface area contributed by atoms with Crippen molar-refractivity contribution in [3.63, 3.8) is 0 Å². The molecule has 3 aromatic rings. The standard InChI is InChI=1S/C20H23N5O/c1-21-19-17(22-8-9-23-19)11-14-5-4-10-25(13-14)20(26)18-12-15-6-2-3-7-16(15)24-18/h2-3,6-9,12,14,24H,4-5,10-11,13H2,1H3,(H,21,23). The van der Waals surface area contributed by atoms with Gasteiger partial charge in [0.2, 0.25) is 0 Å². The number of aromatic nitrogens is 3. The van der Waals surface area contributed by atoms with Gasteiger partial charge in [-0.3, -0.25) is 9.78 Å². The molecule has 1 aromatic carbocycles. The molecule has 0 aliphatic carbocycles. The van der Waals surface area contributed by atoms with Gasteiger partial charge in [-0.15, -0.1) is 0 Å². The van der Waals surface area contributed by atoms with Gasteiger partial charge in [0, 0.05) is 43.4 Å². The van der Waals surface area contributed by atoms with E-state index in [1.54, 1.807) is 12.4 Å². The number of nitrogens with zero attached hydrogens (tertiary/aromatic N) is 3. The Morgan fingerprint density at radius 2 is 2.15 bits per heavy atom. The number of carbonyl (C=O) groups is 1. The molecule has 1 unspecified atom stereocenters. The first kappa shape index (κ1) is 16.6. The number of H-pyrrole nitrogens is 1. The Hall–Kier alpha value is -2.89. The fourth-order valence-electron chi connectivity index (χ4n) is 3.77. The Kier molecular flexibility index (Phi) is 4.56. The van der Waals surface area contributed by atoms with E-state index >= 15 is 0 Å². The third-order valence-electron chi connectivity index (χ3n) is 5.06. The van der Waals surface area contributed by atoms with E-state index in [0.717, 1.165) is 54.8 Å². The summed E-state index contributed by atoms with van der Waals surface area (Å²) < 4.78 is 0. The molecule has 0 radical (unpaired) electrons. The summed E-state index contributed by atoms with van der Waals surface area (Å²) in [5.74, 6) is 1.31. The summed E-state index contributed by atoms with van der Waals surface area (Å²) in [6, 6.07) is 9.93. The Balaban J connectivity index is 1.48. The first-order valence-electron chi connectivity index (χ1n) is 9.09. The summed E-state index contributed by atoms with van der Waals surface area (Å²) in [6.07, 6.45) is 6.39. The van der Waals surface area contributed by atoms with Gasteiger partial charge in [0.05, 0.1) is 5.69 Å². The van der Waals surface area contributed by atoms with Crippen LogP contribution in [0.3, 0.4) is 0 Å². The maximum atomic E-state index is 12.9. The normalized spacial score (nSPS) is 17.4. The summed E-state index contributed by atoms with van der Waals surface area (Å²) in [5, 5.41) is 4.17. The average molecular weight is 349 g/mol. The van der Waals surface area contributed by atoms with Crippen molar-refractivity contribution in [2.24, 2.45) is 5.92 Å². The van der Waals surface area contributed by atoms with Crippen molar-refractivity contribution < 1.29 is 4.79 Å². The fourth-order valence-corrected chi connectivity index (χ4v) is 3.77. The second kappa shape index (κ2) is 7.15. The first-order chi connectivity index (χ1) is 12.7. The number of amides is 1. The number of hydrogen-bond donors (Lipinski definition) is 2. The molecule has 1 atom stereocenters. The minimum atomic E-state index is 0.0823. The molecule has 134 valence electrons. The number of aromatic amines is 1. The summed E-state index contributed by atoms with van der Waals surface area (Å²) in [4.78, 5) is 27.0. The van der Waals surface area contributed by atoms with Crippen molar-refractivity contribution in [2.45, 2.75) is 19.3 Å². The molecule has 4 rings (SSSR count). The Morgan fingerprint density at radius 1 is 1.31 bits per heavy atom. The van der Waals surface area contributed by atoms with E-state index in [2.05, 4.69) is 20.3 Å². The van der Waals surface area contributed by atoms with Crippen LogP contribution in [0.15, 0.2) is 42.7 Å². The van der Waals surface area contributed by atoms with Crippen molar-refractivity contribution in [3.05, 3.63) is 54.1 Å². The summed E-state index contributed by atoms with van der Waals surface area (Å²) in [7, 11) is 1.86. The van der Waals surface area contributed by atoms with Gasteiger partial charge >= 0.3 is 0 Å². The van der Waals surface area contributed by atoms with Crippen molar-refractivity contribution in [1.29, 1.82) is 0 Å². The highest BCUT2D eigenvalue weighted by atomic mass is 16.2. The number of rotatable bonds is 4. The number of fused-ring (bicyclic) bond motifs is 1. The number of likely N-dealkylation sites (tertiary alicyclic amines) is 1. The maximum Gasteiger partial charge on any atom is 0.270 e. The number of piperidine rings is 1. The zero-order chi connectivity index (χ0) is 17.9. The Bertz CT molecular complexity index is 886. The average Bonchev–Trinajstić information content (AvgIpc) is 3.12. The van der Waals surface area contributed by atoms with E-state index in [0.29, 0.717) is 11.6 Å². The molecule has 2 N–H and O–H groups in total. The SMILES string of the molecule is CNc1nccnc1CC1CCCN(C(=O)c2cc3ccccc3[nH]2)C1. The quantitative estimate of drug-likeness (QED) is 0.759. The van der Waals surface area contributed by atoms with E-state index in [9.17, 15) is 4.79 Å². The minimum Gasteiger partial charge on any atom is -0.372 e. The van der Waals surface area contributed by atoms with Crippen LogP contribution in [0.5, 0.6) is 0 Å². The van der Waals surface area contributed by atoms with Gasteiger partial charge in [-0.05, 0) is 37.3 Å². The van der Waals surface area contributed by atoms with Crippen LogP contribution in [0.4, 0.5) is 5.82 Å². The molecule has 1 aliphatic rings. The lowest BCUT2D eigenvalue weighted by Gasteiger charge is -2.32. The van der Waals surface area contributed by atoms with Gasteiger partial charge in [0.1, 0.15) is 11.5 Å². The van der Waals surface area contributed by atoms with Crippen molar-refractivity contribution >= 4 is 22.6 Å². The van der Waals surface area contributed by atoms with E-state index in [4.69, 9.17) is 0 Å². The molecule has 3 heterocycles. The minimum absolute atomic E-state index is 0.0823. The lowest BCUT2D eigenvalue weighted by molar-refractivity contribution is 0.0668. The number of para-hydroxylation sites is 1.